The maximum atomic E-state index is 7.34. The average Bonchev–Trinajstić information content (AvgIpc) is 2.91. The molecule has 0 unspecified atom stereocenters. The molecule has 0 heterocycles. The van der Waals surface area contributed by atoms with Gasteiger partial charge in [-0.3, -0.25) is 0 Å². The second-order valence-electron chi connectivity index (χ2n) is 15.8. The van der Waals surface area contributed by atoms with Crippen LogP contribution in [-0.2, 0) is 26.6 Å². The molecule has 0 bridgehead atoms. The first kappa shape index (κ1) is 43.1. The molecule has 6 nitrogen and oxygen atoms in total. The summed E-state index contributed by atoms with van der Waals surface area (Å²) in [5.74, 6) is 0. The second-order valence-corrected chi connectivity index (χ2v) is 42.7. The van der Waals surface area contributed by atoms with E-state index in [4.69, 9.17) is 26.6 Å². The minimum atomic E-state index is -2.05. The summed E-state index contributed by atoms with van der Waals surface area (Å²) in [6, 6.07) is 6.25. The van der Waals surface area contributed by atoms with Crippen molar-refractivity contribution in [1.82, 2.24) is 0 Å². The Balaban J connectivity index is 7.29. The summed E-state index contributed by atoms with van der Waals surface area (Å²) in [6.45, 7) is 42.4. The van der Waals surface area contributed by atoms with E-state index >= 15 is 0 Å². The van der Waals surface area contributed by atoms with Gasteiger partial charge in [0.05, 0.1) is 37.6 Å². The van der Waals surface area contributed by atoms with E-state index in [-0.39, 0.29) is 24.4 Å². The van der Waals surface area contributed by atoms with Crippen LogP contribution >= 0.6 is 0 Å². The zero-order valence-electron chi connectivity index (χ0n) is 31.4. The van der Waals surface area contributed by atoms with E-state index in [0.29, 0.717) is 13.2 Å². The minimum Gasteiger partial charge on any atom is -0.415 e. The fourth-order valence-corrected chi connectivity index (χ4v) is 10.2. The molecule has 0 saturated carbocycles. The fraction of sp³-hybridized carbons (Fsp3) is 1.00. The van der Waals surface area contributed by atoms with Gasteiger partial charge in [-0.15, -0.1) is 0 Å². The van der Waals surface area contributed by atoms with Gasteiger partial charge in [0, 0.05) is 0 Å². The quantitative estimate of drug-likeness (QED) is 0.0991. The number of rotatable bonds is 23. The predicted octanol–water partition coefficient (Wildman–Crippen LogP) is 9.91. The average molecular weight is 699 g/mol. The van der Waals surface area contributed by atoms with E-state index in [0.717, 1.165) is 36.3 Å². The van der Waals surface area contributed by atoms with E-state index in [1.165, 1.54) is 0 Å². The first-order chi connectivity index (χ1) is 18.9. The first-order valence-corrected chi connectivity index (χ1v) is 35.6. The molecule has 0 aliphatic rings. The van der Waals surface area contributed by atoms with Gasteiger partial charge in [0.25, 0.3) is 0 Å². The van der Waals surface area contributed by atoms with Crippen LogP contribution in [0.15, 0.2) is 0 Å². The van der Waals surface area contributed by atoms with Crippen LogP contribution in [0.1, 0.15) is 41.5 Å². The molecule has 254 valence electrons. The Labute approximate surface area is 269 Å². The zero-order chi connectivity index (χ0) is 33.2. The van der Waals surface area contributed by atoms with Crippen LogP contribution in [0.5, 0.6) is 0 Å². The third-order valence-corrected chi connectivity index (χ3v) is 25.1. The summed E-state index contributed by atoms with van der Waals surface area (Å²) in [4.78, 5) is 0. The van der Waals surface area contributed by atoms with Crippen LogP contribution in [0.2, 0.25) is 115 Å². The third-order valence-electron chi connectivity index (χ3n) is 9.29. The summed E-state index contributed by atoms with van der Waals surface area (Å²) in [6.07, 6.45) is -1.01. The number of hydrogen-bond acceptors (Lipinski definition) is 6. The largest absolute Gasteiger partial charge is 0.415 e. The lowest BCUT2D eigenvalue weighted by Gasteiger charge is -2.47. The Morgan fingerprint density at radius 3 is 0.762 bits per heavy atom. The maximum Gasteiger partial charge on any atom is 0.187 e. The summed E-state index contributed by atoms with van der Waals surface area (Å²) in [7, 11) is -11.7. The topological polar surface area (TPSA) is 55.4 Å². The van der Waals surface area contributed by atoms with Gasteiger partial charge in [-0.1, -0.05) is 41.5 Å². The molecule has 0 aromatic carbocycles. The predicted molar refractivity (Wildman–Crippen MR) is 199 cm³/mol. The van der Waals surface area contributed by atoms with E-state index in [1.54, 1.807) is 0 Å². The van der Waals surface area contributed by atoms with Crippen LogP contribution in [0.4, 0.5) is 0 Å². The minimum absolute atomic E-state index is 0.219. The highest BCUT2D eigenvalue weighted by Gasteiger charge is 2.47. The molecule has 42 heavy (non-hydrogen) atoms. The van der Waals surface area contributed by atoms with Gasteiger partial charge in [-0.2, -0.15) is 0 Å². The molecular formula is C30H74O6Si6. The van der Waals surface area contributed by atoms with E-state index in [2.05, 4.69) is 120 Å². The molecule has 0 fully saturated rings. The molecule has 0 aromatic heterocycles. The SMILES string of the molecule is CC[Si](C)(C)OC[C@@H](O[Si](C)(C)CC)[C@@H](O[Si](C)(C)CC)[C@H](O[Si](C)(C)CC)[C@@H](CO[Si](C)(C)CC)O[Si](C)(C)CC. The van der Waals surface area contributed by atoms with Crippen molar-refractivity contribution in [2.24, 2.45) is 0 Å². The van der Waals surface area contributed by atoms with Crippen LogP contribution in [0.3, 0.4) is 0 Å². The van der Waals surface area contributed by atoms with Crippen molar-refractivity contribution < 1.29 is 26.6 Å². The molecule has 0 aromatic rings. The van der Waals surface area contributed by atoms with Crippen LogP contribution < -0.4 is 0 Å². The highest BCUT2D eigenvalue weighted by molar-refractivity contribution is 6.73. The Bertz CT molecular complexity index is 701. The smallest absolute Gasteiger partial charge is 0.187 e. The molecule has 0 saturated heterocycles. The van der Waals surface area contributed by atoms with E-state index in [1.807, 2.05) is 0 Å². The van der Waals surface area contributed by atoms with Crippen molar-refractivity contribution in [3.63, 3.8) is 0 Å². The second kappa shape index (κ2) is 17.8. The molecular weight excluding hydrogens is 625 g/mol. The zero-order valence-corrected chi connectivity index (χ0v) is 37.4. The van der Waals surface area contributed by atoms with Crippen LogP contribution in [0, 0.1) is 0 Å². The Morgan fingerprint density at radius 1 is 0.333 bits per heavy atom. The molecule has 0 amide bonds. The van der Waals surface area contributed by atoms with Crippen molar-refractivity contribution in [2.75, 3.05) is 13.2 Å². The van der Waals surface area contributed by atoms with Gasteiger partial charge in [0.2, 0.25) is 0 Å². The monoisotopic (exact) mass is 698 g/mol. The third kappa shape index (κ3) is 16.6. The lowest BCUT2D eigenvalue weighted by atomic mass is 10.0. The Kier molecular flexibility index (Phi) is 18.3. The highest BCUT2D eigenvalue weighted by atomic mass is 28.4. The number of hydrogen-bond donors (Lipinski definition) is 0. The normalized spacial score (nSPS) is 17.3. The molecule has 0 aliphatic heterocycles. The van der Waals surface area contributed by atoms with Gasteiger partial charge >= 0.3 is 0 Å². The van der Waals surface area contributed by atoms with Crippen LogP contribution in [-0.4, -0.2) is 87.5 Å². The lowest BCUT2D eigenvalue weighted by molar-refractivity contribution is -0.0971. The van der Waals surface area contributed by atoms with Crippen molar-refractivity contribution in [3.8, 4) is 0 Å². The van der Waals surface area contributed by atoms with Crippen molar-refractivity contribution in [1.29, 1.82) is 0 Å². The van der Waals surface area contributed by atoms with E-state index in [9.17, 15) is 0 Å². The van der Waals surface area contributed by atoms with Gasteiger partial charge in [-0.25, -0.2) is 0 Å². The lowest BCUT2D eigenvalue weighted by Crippen LogP contribution is -2.61. The van der Waals surface area contributed by atoms with Gasteiger partial charge in [-0.05, 0) is 115 Å². The molecule has 12 heteroatoms. The van der Waals surface area contributed by atoms with Crippen LogP contribution in [0.25, 0.3) is 0 Å². The Morgan fingerprint density at radius 2 is 0.548 bits per heavy atom. The standard InChI is InChI=1S/C30H74O6Si6/c1-19-37(7,8)31-25-27(33-39(11,12)21-3)29(35-41(15,16)23-5)30(36-42(17,18)24-6)28(34-40(13,14)22-4)26-32-38(9,10)20-2/h27-30H,19-26H2,1-18H3/t27-,28-,29-,30-/m1/s1. The molecule has 0 aliphatic carbocycles. The first-order valence-electron chi connectivity index (χ1n) is 16.9. The summed E-state index contributed by atoms with van der Waals surface area (Å²) in [5, 5.41) is 0. The summed E-state index contributed by atoms with van der Waals surface area (Å²) < 4.78 is 42.6. The molecule has 0 spiro atoms. The maximum absolute atomic E-state index is 7.34. The van der Waals surface area contributed by atoms with Crippen molar-refractivity contribution in [2.45, 2.75) is 181 Å². The van der Waals surface area contributed by atoms with Gasteiger partial charge in [0.1, 0.15) is 0 Å². The highest BCUT2D eigenvalue weighted by Crippen LogP contribution is 2.32. The fourth-order valence-electron chi connectivity index (χ4n) is 3.81. The Hall–Kier alpha value is 1.06. The molecule has 0 radical (unpaired) electrons. The van der Waals surface area contributed by atoms with Crippen molar-refractivity contribution in [3.05, 3.63) is 0 Å². The molecule has 0 rings (SSSR count). The molecule has 0 N–H and O–H groups in total. The summed E-state index contributed by atoms with van der Waals surface area (Å²) in [5.41, 5.74) is 0. The van der Waals surface area contributed by atoms with Crippen molar-refractivity contribution >= 4 is 49.9 Å². The van der Waals surface area contributed by atoms with Gasteiger partial charge in [0.15, 0.2) is 49.9 Å². The summed E-state index contributed by atoms with van der Waals surface area (Å²) >= 11 is 0. The molecule has 4 atom stereocenters. The van der Waals surface area contributed by atoms with E-state index < -0.39 is 49.9 Å². The van der Waals surface area contributed by atoms with Gasteiger partial charge < -0.3 is 26.6 Å².